The summed E-state index contributed by atoms with van der Waals surface area (Å²) in [7, 11) is 1.68. The number of aromatic nitrogens is 1. The normalized spacial score (nSPS) is 15.9. The molecule has 0 unspecified atom stereocenters. The maximum Gasteiger partial charge on any atom is 0.220 e. The van der Waals surface area contributed by atoms with Gasteiger partial charge < -0.3 is 15.8 Å². The highest BCUT2D eigenvalue weighted by Crippen LogP contribution is 2.41. The Kier molecular flexibility index (Phi) is 5.58. The average Bonchev–Trinajstić information content (AvgIpc) is 3.28. The fourth-order valence-corrected chi connectivity index (χ4v) is 4.20. The number of anilines is 1. The molecule has 1 amide bonds. The Morgan fingerprint density at radius 1 is 1.32 bits per heavy atom. The predicted molar refractivity (Wildman–Crippen MR) is 101 cm³/mol. The van der Waals surface area contributed by atoms with Crippen molar-refractivity contribution in [3.8, 4) is 5.75 Å². The van der Waals surface area contributed by atoms with E-state index in [4.69, 9.17) is 10.5 Å². The van der Waals surface area contributed by atoms with Crippen molar-refractivity contribution >= 4 is 22.4 Å². The highest BCUT2D eigenvalue weighted by Gasteiger charge is 2.35. The summed E-state index contributed by atoms with van der Waals surface area (Å²) in [6, 6.07) is 8.27. The molecule has 3 N–H and O–H groups in total. The number of hydrogen-bond acceptors (Lipinski definition) is 5. The molecular weight excluding hydrogens is 334 g/mol. The van der Waals surface area contributed by atoms with Gasteiger partial charge in [-0.15, -0.1) is 11.3 Å². The number of nitrogens with one attached hydrogen (secondary N) is 1. The zero-order valence-electron chi connectivity index (χ0n) is 14.6. The third-order valence-electron chi connectivity index (χ3n) is 5.06. The number of benzene rings is 1. The van der Waals surface area contributed by atoms with Gasteiger partial charge in [0, 0.05) is 23.8 Å². The van der Waals surface area contributed by atoms with Gasteiger partial charge in [-0.05, 0) is 37.0 Å². The fourth-order valence-electron chi connectivity index (χ4n) is 3.60. The Balaban J connectivity index is 1.58. The van der Waals surface area contributed by atoms with Crippen molar-refractivity contribution in [2.75, 3.05) is 19.4 Å². The molecule has 25 heavy (non-hydrogen) atoms. The maximum atomic E-state index is 12.3. The number of amides is 1. The molecule has 1 aromatic heterocycles. The predicted octanol–water partition coefficient (Wildman–Crippen LogP) is 3.29. The Bertz CT molecular complexity index is 706. The largest absolute Gasteiger partial charge is 0.497 e. The molecule has 0 aliphatic heterocycles. The molecule has 1 fully saturated rings. The highest BCUT2D eigenvalue weighted by molar-refractivity contribution is 7.13. The van der Waals surface area contributed by atoms with Crippen molar-refractivity contribution in [3.63, 3.8) is 0 Å². The van der Waals surface area contributed by atoms with Crippen LogP contribution in [0.15, 0.2) is 29.6 Å². The van der Waals surface area contributed by atoms with Crippen LogP contribution >= 0.6 is 11.3 Å². The molecule has 0 saturated heterocycles. The molecule has 3 rings (SSSR count). The highest BCUT2D eigenvalue weighted by atomic mass is 32.1. The van der Waals surface area contributed by atoms with E-state index in [2.05, 4.69) is 22.4 Å². The van der Waals surface area contributed by atoms with Crippen LogP contribution in [0, 0.1) is 0 Å². The van der Waals surface area contributed by atoms with Crippen molar-refractivity contribution in [2.45, 2.75) is 43.9 Å². The number of nitrogens with two attached hydrogens (primary N) is 1. The van der Waals surface area contributed by atoms with Crippen molar-refractivity contribution < 1.29 is 9.53 Å². The Morgan fingerprint density at radius 2 is 2.04 bits per heavy atom. The summed E-state index contributed by atoms with van der Waals surface area (Å²) in [5, 5.41) is 5.61. The van der Waals surface area contributed by atoms with Gasteiger partial charge in [0.25, 0.3) is 0 Å². The van der Waals surface area contributed by atoms with Crippen molar-refractivity contribution in [1.29, 1.82) is 0 Å². The molecular formula is C19H25N3O2S. The topological polar surface area (TPSA) is 77.2 Å². The van der Waals surface area contributed by atoms with Crippen molar-refractivity contribution in [3.05, 3.63) is 40.9 Å². The minimum atomic E-state index is 0.0486. The van der Waals surface area contributed by atoms with E-state index in [9.17, 15) is 4.79 Å². The first kappa shape index (κ1) is 17.7. The molecule has 0 bridgehead atoms. The first-order valence-electron chi connectivity index (χ1n) is 8.72. The first-order valence-corrected chi connectivity index (χ1v) is 9.60. The zero-order valence-corrected chi connectivity index (χ0v) is 15.4. The lowest BCUT2D eigenvalue weighted by molar-refractivity contribution is -0.121. The van der Waals surface area contributed by atoms with Crippen LogP contribution in [0.25, 0.3) is 0 Å². The third kappa shape index (κ3) is 4.31. The monoisotopic (exact) mass is 359 g/mol. The number of methoxy groups -OCH3 is 1. The van der Waals surface area contributed by atoms with Gasteiger partial charge >= 0.3 is 0 Å². The second kappa shape index (κ2) is 7.87. The molecule has 1 aromatic carbocycles. The number of nitrogens with zero attached hydrogens (tertiary/aromatic N) is 1. The van der Waals surface area contributed by atoms with Crippen molar-refractivity contribution in [1.82, 2.24) is 10.3 Å². The lowest BCUT2D eigenvalue weighted by Crippen LogP contribution is -2.39. The summed E-state index contributed by atoms with van der Waals surface area (Å²) in [4.78, 5) is 16.5. The van der Waals surface area contributed by atoms with Crippen LogP contribution < -0.4 is 15.8 Å². The number of ether oxygens (including phenoxy) is 1. The summed E-state index contributed by atoms with van der Waals surface area (Å²) in [5.74, 6) is 0.940. The van der Waals surface area contributed by atoms with Gasteiger partial charge in [0.15, 0.2) is 5.13 Å². The molecule has 6 heteroatoms. The van der Waals surface area contributed by atoms with Gasteiger partial charge in [-0.3, -0.25) is 4.79 Å². The van der Waals surface area contributed by atoms with E-state index in [0.717, 1.165) is 24.3 Å². The van der Waals surface area contributed by atoms with Gasteiger partial charge in [0.1, 0.15) is 5.75 Å². The van der Waals surface area contributed by atoms with Crippen LogP contribution in [0.4, 0.5) is 5.13 Å². The quantitative estimate of drug-likeness (QED) is 0.795. The average molecular weight is 359 g/mol. The number of aryl methyl sites for hydroxylation is 1. The maximum absolute atomic E-state index is 12.3. The molecule has 0 radical (unpaired) electrons. The van der Waals surface area contributed by atoms with Gasteiger partial charge in [-0.2, -0.15) is 0 Å². The number of rotatable bonds is 7. The summed E-state index contributed by atoms with van der Waals surface area (Å²) in [6.45, 7) is 0.692. The number of carbonyl (C=O) groups is 1. The van der Waals surface area contributed by atoms with Crippen LogP contribution in [-0.4, -0.2) is 24.5 Å². The second-order valence-electron chi connectivity index (χ2n) is 6.67. The molecule has 134 valence electrons. The number of nitrogen functional groups attached to an aromatic ring is 1. The Labute approximate surface area is 152 Å². The number of carbonyl (C=O) groups excluding carboxylic acids is 1. The number of thiazole rings is 1. The Morgan fingerprint density at radius 3 is 2.64 bits per heavy atom. The van der Waals surface area contributed by atoms with Crippen LogP contribution in [0.1, 0.15) is 43.4 Å². The summed E-state index contributed by atoms with van der Waals surface area (Å²) >= 11 is 1.41. The van der Waals surface area contributed by atoms with E-state index < -0.39 is 0 Å². The van der Waals surface area contributed by atoms with Gasteiger partial charge in [-0.25, -0.2) is 4.98 Å². The van der Waals surface area contributed by atoms with E-state index in [1.54, 1.807) is 7.11 Å². The minimum Gasteiger partial charge on any atom is -0.497 e. The summed E-state index contributed by atoms with van der Waals surface area (Å²) in [6.07, 6.45) is 5.72. The summed E-state index contributed by atoms with van der Waals surface area (Å²) in [5.41, 5.74) is 7.86. The van der Waals surface area contributed by atoms with Crippen LogP contribution in [0.5, 0.6) is 5.75 Å². The smallest absolute Gasteiger partial charge is 0.220 e. The van der Waals surface area contributed by atoms with E-state index in [-0.39, 0.29) is 11.3 Å². The molecule has 2 aromatic rings. The summed E-state index contributed by atoms with van der Waals surface area (Å²) < 4.78 is 5.25. The minimum absolute atomic E-state index is 0.0486. The van der Waals surface area contributed by atoms with E-state index in [1.165, 1.54) is 29.7 Å². The van der Waals surface area contributed by atoms with Gasteiger partial charge in [-0.1, -0.05) is 25.0 Å². The second-order valence-corrected chi connectivity index (χ2v) is 7.56. The third-order valence-corrected chi connectivity index (χ3v) is 5.79. The fraction of sp³-hybridized carbons (Fsp3) is 0.474. The molecule has 1 aliphatic carbocycles. The molecule has 0 spiro atoms. The zero-order chi connectivity index (χ0) is 17.7. The van der Waals surface area contributed by atoms with Crippen LogP contribution in [0.2, 0.25) is 0 Å². The standard InChI is InChI=1S/C19H25N3O2S/c1-24-16-7-4-14(5-8-16)19(10-2-3-11-19)13-21-17(23)9-6-15-12-25-18(20)22-15/h4-5,7-8,12H,2-3,6,9-11,13H2,1H3,(H2,20,22)(H,21,23). The number of hydrogen-bond donors (Lipinski definition) is 2. The molecule has 1 saturated carbocycles. The lowest BCUT2D eigenvalue weighted by Gasteiger charge is -2.30. The van der Waals surface area contributed by atoms with Crippen LogP contribution in [0.3, 0.4) is 0 Å². The van der Waals surface area contributed by atoms with E-state index >= 15 is 0 Å². The van der Waals surface area contributed by atoms with Crippen LogP contribution in [-0.2, 0) is 16.6 Å². The SMILES string of the molecule is COc1ccc(C2(CNC(=O)CCc3csc(N)n3)CCCC2)cc1. The molecule has 0 atom stereocenters. The van der Waals surface area contributed by atoms with Crippen molar-refractivity contribution in [2.24, 2.45) is 0 Å². The van der Waals surface area contributed by atoms with E-state index in [1.807, 2.05) is 17.5 Å². The lowest BCUT2D eigenvalue weighted by atomic mass is 9.78. The van der Waals surface area contributed by atoms with E-state index in [0.29, 0.717) is 24.5 Å². The first-order chi connectivity index (χ1) is 12.1. The molecule has 1 aliphatic rings. The Hall–Kier alpha value is -2.08. The molecule has 1 heterocycles. The molecule has 5 nitrogen and oxygen atoms in total. The van der Waals surface area contributed by atoms with Gasteiger partial charge in [0.05, 0.1) is 12.8 Å². The van der Waals surface area contributed by atoms with Gasteiger partial charge in [0.2, 0.25) is 5.91 Å².